The van der Waals surface area contributed by atoms with Crippen LogP contribution in [0.4, 0.5) is 19.0 Å². The van der Waals surface area contributed by atoms with E-state index in [1.165, 1.54) is 6.07 Å². The quantitative estimate of drug-likeness (QED) is 0.511. The summed E-state index contributed by atoms with van der Waals surface area (Å²) in [5.41, 5.74) is 1.02. The lowest BCUT2D eigenvalue weighted by Gasteiger charge is -2.42. The van der Waals surface area contributed by atoms with Gasteiger partial charge in [0, 0.05) is 50.3 Å². The highest BCUT2D eigenvalue weighted by atomic mass is 32.2. The van der Waals surface area contributed by atoms with E-state index in [0.29, 0.717) is 32.0 Å². The minimum Gasteiger partial charge on any atom is -0.378 e. The molecule has 1 saturated carbocycles. The van der Waals surface area contributed by atoms with Gasteiger partial charge < -0.3 is 9.64 Å². The predicted octanol–water partition coefficient (Wildman–Crippen LogP) is 3.58. The maximum absolute atomic E-state index is 13.6. The smallest absolute Gasteiger partial charge is 0.279 e. The largest absolute Gasteiger partial charge is 0.378 e. The third-order valence-corrected chi connectivity index (χ3v) is 9.61. The number of hydrogen-bond acceptors (Lipinski definition) is 6. The van der Waals surface area contributed by atoms with Crippen LogP contribution in [0.2, 0.25) is 0 Å². The number of piperidine rings is 1. The average molecular weight is 554 g/mol. The lowest BCUT2D eigenvalue weighted by atomic mass is 9.82. The van der Waals surface area contributed by atoms with Crippen molar-refractivity contribution in [2.45, 2.75) is 56.6 Å². The maximum atomic E-state index is 13.6. The molecule has 2 saturated heterocycles. The molecule has 208 valence electrons. The monoisotopic (exact) mass is 553 g/mol. The van der Waals surface area contributed by atoms with Crippen LogP contribution in [0.25, 0.3) is 0 Å². The van der Waals surface area contributed by atoms with Crippen LogP contribution in [-0.4, -0.2) is 74.3 Å². The molecule has 2 unspecified atom stereocenters. The van der Waals surface area contributed by atoms with E-state index < -0.39 is 22.6 Å². The van der Waals surface area contributed by atoms with Crippen LogP contribution in [0, 0.1) is 17.7 Å². The first-order chi connectivity index (χ1) is 18.3. The zero-order valence-electron chi connectivity index (χ0n) is 21.1. The van der Waals surface area contributed by atoms with Gasteiger partial charge in [-0.05, 0) is 67.9 Å². The minimum atomic E-state index is -3.87. The summed E-state index contributed by atoms with van der Waals surface area (Å²) >= 11 is 0. The summed E-state index contributed by atoms with van der Waals surface area (Å²) in [5, 5.41) is 8.15. The molecule has 3 aliphatic rings. The van der Waals surface area contributed by atoms with Crippen molar-refractivity contribution in [3.8, 4) is 0 Å². The Kier molecular flexibility index (Phi) is 8.51. The van der Waals surface area contributed by atoms with E-state index in [0.717, 1.165) is 41.4 Å². The third kappa shape index (κ3) is 6.47. The number of nitrogens with zero attached hydrogens (tertiary/aromatic N) is 4. The van der Waals surface area contributed by atoms with Gasteiger partial charge in [0.1, 0.15) is 5.82 Å². The summed E-state index contributed by atoms with van der Waals surface area (Å²) < 4.78 is 75.4. The first kappa shape index (κ1) is 27.3. The Hall–Kier alpha value is -2.28. The molecule has 12 heteroatoms. The standard InChI is InChI=1S/C26H34F3N5O3S/c27-22-4-1-3-19(13-22)18-6-8-23(9-7-18)37-17-21-14-33(25-5-2-11-30-31-25)12-10-24(21)32-38(35,36)34-15-20(16-34)26(28)29/h1-5,11,13,18,20-21,23-24,26,32H,6-10,12,14-17H2. The summed E-state index contributed by atoms with van der Waals surface area (Å²) in [4.78, 5) is 2.07. The second kappa shape index (κ2) is 11.8. The Morgan fingerprint density at radius 1 is 1.05 bits per heavy atom. The number of anilines is 1. The molecule has 2 aromatic rings. The van der Waals surface area contributed by atoms with Gasteiger partial charge in [-0.2, -0.15) is 22.5 Å². The zero-order chi connectivity index (χ0) is 26.7. The van der Waals surface area contributed by atoms with Crippen molar-refractivity contribution in [1.29, 1.82) is 0 Å². The second-order valence-corrected chi connectivity index (χ2v) is 12.3. The van der Waals surface area contributed by atoms with Crippen molar-refractivity contribution >= 4 is 16.0 Å². The van der Waals surface area contributed by atoms with Gasteiger partial charge in [-0.15, -0.1) is 5.10 Å². The van der Waals surface area contributed by atoms with Crippen LogP contribution in [0.5, 0.6) is 0 Å². The highest BCUT2D eigenvalue weighted by Crippen LogP contribution is 2.35. The molecule has 3 fully saturated rings. The summed E-state index contributed by atoms with van der Waals surface area (Å²) in [5.74, 6) is -0.264. The second-order valence-electron chi connectivity index (χ2n) is 10.6. The first-order valence-electron chi connectivity index (χ1n) is 13.2. The maximum Gasteiger partial charge on any atom is 0.279 e. The molecule has 1 aliphatic carbocycles. The Balaban J connectivity index is 1.20. The molecule has 1 aromatic carbocycles. The molecular weight excluding hydrogens is 519 g/mol. The van der Waals surface area contributed by atoms with Crippen molar-refractivity contribution in [1.82, 2.24) is 19.2 Å². The topological polar surface area (TPSA) is 87.7 Å². The predicted molar refractivity (Wildman–Crippen MR) is 137 cm³/mol. The highest BCUT2D eigenvalue weighted by Gasteiger charge is 2.43. The Morgan fingerprint density at radius 3 is 2.53 bits per heavy atom. The van der Waals surface area contributed by atoms with Crippen molar-refractivity contribution in [2.75, 3.05) is 37.7 Å². The summed E-state index contributed by atoms with van der Waals surface area (Å²) in [6.07, 6.45) is 3.16. The Bertz CT molecular complexity index is 1160. The lowest BCUT2D eigenvalue weighted by Crippen LogP contribution is -2.60. The van der Waals surface area contributed by atoms with Crippen molar-refractivity contribution in [3.05, 3.63) is 54.0 Å². The number of alkyl halides is 2. The molecule has 5 rings (SSSR count). The summed E-state index contributed by atoms with van der Waals surface area (Å²) in [6, 6.07) is 10.1. The van der Waals surface area contributed by atoms with Gasteiger partial charge in [0.25, 0.3) is 10.2 Å². The van der Waals surface area contributed by atoms with Gasteiger partial charge in [0.15, 0.2) is 5.82 Å². The van der Waals surface area contributed by atoms with E-state index in [1.807, 2.05) is 18.2 Å². The number of nitrogens with one attached hydrogen (secondary N) is 1. The normalized spacial score (nSPS) is 27.4. The molecule has 8 nitrogen and oxygen atoms in total. The van der Waals surface area contributed by atoms with Crippen LogP contribution in [0.15, 0.2) is 42.6 Å². The van der Waals surface area contributed by atoms with Gasteiger partial charge in [0.05, 0.1) is 12.7 Å². The molecule has 0 spiro atoms. The van der Waals surface area contributed by atoms with E-state index in [2.05, 4.69) is 19.8 Å². The Labute approximate surface area is 221 Å². The first-order valence-corrected chi connectivity index (χ1v) is 14.7. The van der Waals surface area contributed by atoms with Gasteiger partial charge in [-0.3, -0.25) is 0 Å². The number of halogens is 3. The molecule has 1 N–H and O–H groups in total. The number of hydrogen-bond donors (Lipinski definition) is 1. The van der Waals surface area contributed by atoms with Crippen LogP contribution >= 0.6 is 0 Å². The highest BCUT2D eigenvalue weighted by molar-refractivity contribution is 7.87. The molecule has 3 heterocycles. The van der Waals surface area contributed by atoms with E-state index in [-0.39, 0.29) is 37.0 Å². The number of aromatic nitrogens is 2. The lowest BCUT2D eigenvalue weighted by molar-refractivity contribution is -0.00310. The fourth-order valence-electron chi connectivity index (χ4n) is 5.70. The molecule has 0 bridgehead atoms. The van der Waals surface area contributed by atoms with Crippen LogP contribution in [0.3, 0.4) is 0 Å². The summed E-state index contributed by atoms with van der Waals surface area (Å²) in [7, 11) is -3.87. The van der Waals surface area contributed by atoms with E-state index in [9.17, 15) is 21.6 Å². The van der Waals surface area contributed by atoms with Gasteiger partial charge in [-0.1, -0.05) is 12.1 Å². The van der Waals surface area contributed by atoms with Crippen LogP contribution in [0.1, 0.15) is 43.6 Å². The van der Waals surface area contributed by atoms with E-state index in [4.69, 9.17) is 4.74 Å². The Morgan fingerprint density at radius 2 is 1.84 bits per heavy atom. The average Bonchev–Trinajstić information content (AvgIpc) is 2.87. The molecular formula is C26H34F3N5O3S. The summed E-state index contributed by atoms with van der Waals surface area (Å²) in [6.45, 7) is 1.15. The van der Waals surface area contributed by atoms with Crippen molar-refractivity contribution < 1.29 is 26.3 Å². The molecule has 0 amide bonds. The third-order valence-electron chi connectivity index (χ3n) is 8.03. The van der Waals surface area contributed by atoms with Gasteiger partial charge >= 0.3 is 0 Å². The molecule has 1 aromatic heterocycles. The molecule has 38 heavy (non-hydrogen) atoms. The van der Waals surface area contributed by atoms with Gasteiger partial charge in [0.2, 0.25) is 6.43 Å². The van der Waals surface area contributed by atoms with E-state index >= 15 is 0 Å². The molecule has 2 aliphatic heterocycles. The number of ether oxygens (including phenoxy) is 1. The van der Waals surface area contributed by atoms with Crippen LogP contribution < -0.4 is 9.62 Å². The zero-order valence-corrected chi connectivity index (χ0v) is 21.9. The van der Waals surface area contributed by atoms with Crippen LogP contribution in [-0.2, 0) is 14.9 Å². The van der Waals surface area contributed by atoms with Crippen molar-refractivity contribution in [2.24, 2.45) is 11.8 Å². The molecule has 2 atom stereocenters. The van der Waals surface area contributed by atoms with Crippen molar-refractivity contribution in [3.63, 3.8) is 0 Å². The molecule has 0 radical (unpaired) electrons. The number of rotatable bonds is 9. The number of benzene rings is 1. The van der Waals surface area contributed by atoms with Gasteiger partial charge in [-0.25, -0.2) is 13.2 Å². The van der Waals surface area contributed by atoms with E-state index in [1.54, 1.807) is 18.3 Å². The minimum absolute atomic E-state index is 0.0474. The fraction of sp³-hybridized carbons (Fsp3) is 0.615. The SMILES string of the molecule is O=S(=O)(NC1CCN(c2cccnn2)CC1COC1CCC(c2cccc(F)c2)CC1)N1CC(C(F)F)C1. The fourth-order valence-corrected chi connectivity index (χ4v) is 7.32.